The van der Waals surface area contributed by atoms with E-state index >= 15 is 0 Å². The lowest BCUT2D eigenvalue weighted by molar-refractivity contribution is -0.132. The van der Waals surface area contributed by atoms with Gasteiger partial charge in [-0.2, -0.15) is 0 Å². The smallest absolute Gasteiger partial charge is 0.260 e. The van der Waals surface area contributed by atoms with Crippen molar-refractivity contribution < 1.29 is 4.79 Å². The summed E-state index contributed by atoms with van der Waals surface area (Å²) in [5.41, 5.74) is 8.43. The summed E-state index contributed by atoms with van der Waals surface area (Å²) in [6.07, 6.45) is 10.4. The molecule has 1 fully saturated rings. The number of pyridine rings is 1. The summed E-state index contributed by atoms with van der Waals surface area (Å²) >= 11 is 0. The maximum atomic E-state index is 12.8. The van der Waals surface area contributed by atoms with Crippen LogP contribution in [0.25, 0.3) is 22.4 Å². The summed E-state index contributed by atoms with van der Waals surface area (Å²) in [6, 6.07) is 5.55. The van der Waals surface area contributed by atoms with Gasteiger partial charge in [-0.25, -0.2) is 19.9 Å². The molecule has 10 nitrogen and oxygen atoms in total. The molecular formula is C25H28N8O2. The Morgan fingerprint density at radius 1 is 1.20 bits per heavy atom. The minimum absolute atomic E-state index is 0.138. The van der Waals surface area contributed by atoms with Gasteiger partial charge in [0.05, 0.1) is 10.9 Å². The molecule has 0 spiro atoms. The van der Waals surface area contributed by atoms with E-state index < -0.39 is 0 Å². The van der Waals surface area contributed by atoms with Gasteiger partial charge >= 0.3 is 0 Å². The van der Waals surface area contributed by atoms with Crippen LogP contribution < -0.4 is 11.3 Å². The van der Waals surface area contributed by atoms with E-state index in [-0.39, 0.29) is 11.5 Å². The number of hydrogen-bond acceptors (Lipinski definition) is 7. The quantitative estimate of drug-likeness (QED) is 0.440. The summed E-state index contributed by atoms with van der Waals surface area (Å²) in [4.78, 5) is 47.3. The third kappa shape index (κ3) is 4.77. The minimum atomic E-state index is -0.141. The monoisotopic (exact) mass is 472 g/mol. The Bertz CT molecular complexity index is 1400. The molecule has 0 unspecified atom stereocenters. The summed E-state index contributed by atoms with van der Waals surface area (Å²) in [7, 11) is 1.86. The SMILES string of the molecule is Cn1ccc2c(=O)[nH]c(CCCC(=O)N3CCC(c4cnc(N)c(-c5ncccn5)c4)CC3)nc21. The number of nitrogens with one attached hydrogen (secondary N) is 1. The van der Waals surface area contributed by atoms with Crippen molar-refractivity contribution in [3.8, 4) is 11.4 Å². The summed E-state index contributed by atoms with van der Waals surface area (Å²) in [6.45, 7) is 1.41. The number of nitrogen functional groups attached to an aromatic ring is 1. The van der Waals surface area contributed by atoms with Crippen LogP contribution in [-0.2, 0) is 18.3 Å². The van der Waals surface area contributed by atoms with Crippen LogP contribution >= 0.6 is 0 Å². The molecule has 5 rings (SSSR count). The molecule has 1 amide bonds. The van der Waals surface area contributed by atoms with Gasteiger partial charge < -0.3 is 20.2 Å². The van der Waals surface area contributed by atoms with E-state index in [1.54, 1.807) is 24.5 Å². The standard InChI is InChI=1S/C25H28N8O2/c1-32-11-8-18-24(32)30-20(31-25(18)35)4-2-5-21(34)33-12-6-16(7-13-33)17-14-19(22(26)29-15-17)23-27-9-3-10-28-23/h3,8-11,14-16H,2,4-7,12-13H2,1H3,(H2,26,29)(H,30,31,35). The highest BCUT2D eigenvalue weighted by Crippen LogP contribution is 2.31. The van der Waals surface area contributed by atoms with Crippen LogP contribution in [0.3, 0.4) is 0 Å². The molecule has 4 aromatic rings. The highest BCUT2D eigenvalue weighted by atomic mass is 16.2. The number of anilines is 1. The zero-order chi connectivity index (χ0) is 24.4. The van der Waals surface area contributed by atoms with Crippen molar-refractivity contribution in [1.29, 1.82) is 0 Å². The van der Waals surface area contributed by atoms with Crippen molar-refractivity contribution in [3.05, 3.63) is 64.7 Å². The fraction of sp³-hybridized carbons (Fsp3) is 0.360. The molecule has 35 heavy (non-hydrogen) atoms. The molecule has 1 aliphatic rings. The van der Waals surface area contributed by atoms with Crippen LogP contribution in [0, 0.1) is 0 Å². The number of carbonyl (C=O) groups is 1. The summed E-state index contributed by atoms with van der Waals surface area (Å²) < 4.78 is 1.83. The highest BCUT2D eigenvalue weighted by Gasteiger charge is 2.24. The number of hydrogen-bond donors (Lipinski definition) is 2. The molecule has 0 aliphatic carbocycles. The zero-order valence-corrected chi connectivity index (χ0v) is 19.6. The number of H-pyrrole nitrogens is 1. The van der Waals surface area contributed by atoms with Crippen LogP contribution in [0.15, 0.2) is 47.8 Å². The number of nitrogens with zero attached hydrogens (tertiary/aromatic N) is 6. The van der Waals surface area contributed by atoms with Crippen molar-refractivity contribution >= 4 is 22.8 Å². The van der Waals surface area contributed by atoms with Crippen molar-refractivity contribution in [2.75, 3.05) is 18.8 Å². The Morgan fingerprint density at radius 3 is 2.74 bits per heavy atom. The highest BCUT2D eigenvalue weighted by molar-refractivity contribution is 5.76. The maximum Gasteiger partial charge on any atom is 0.260 e. The van der Waals surface area contributed by atoms with Gasteiger partial charge in [0.2, 0.25) is 5.91 Å². The summed E-state index contributed by atoms with van der Waals surface area (Å²) in [5.74, 6) is 2.04. The molecule has 0 bridgehead atoms. The second kappa shape index (κ2) is 9.65. The Hall–Kier alpha value is -4.08. The number of likely N-dealkylation sites (tertiary alicyclic amines) is 1. The number of carbonyl (C=O) groups excluding carboxylic acids is 1. The maximum absolute atomic E-state index is 12.8. The van der Waals surface area contributed by atoms with Crippen LogP contribution in [0.1, 0.15) is 43.0 Å². The molecule has 1 aliphatic heterocycles. The number of aryl methyl sites for hydroxylation is 2. The third-order valence-electron chi connectivity index (χ3n) is 6.65. The number of aromatic nitrogens is 6. The number of piperidine rings is 1. The Kier molecular flexibility index (Phi) is 6.26. The number of rotatable bonds is 6. The molecule has 4 aromatic heterocycles. The zero-order valence-electron chi connectivity index (χ0n) is 19.6. The topological polar surface area (TPSA) is 136 Å². The van der Waals surface area contributed by atoms with Crippen molar-refractivity contribution in [2.24, 2.45) is 7.05 Å². The first-order valence-corrected chi connectivity index (χ1v) is 11.8. The van der Waals surface area contributed by atoms with Gasteiger partial charge in [0.1, 0.15) is 17.3 Å². The van der Waals surface area contributed by atoms with Crippen LogP contribution in [-0.4, -0.2) is 53.4 Å². The molecule has 0 atom stereocenters. The average Bonchev–Trinajstić information content (AvgIpc) is 3.26. The van der Waals surface area contributed by atoms with Crippen LogP contribution in [0.5, 0.6) is 0 Å². The number of amides is 1. The fourth-order valence-corrected chi connectivity index (χ4v) is 4.67. The van der Waals surface area contributed by atoms with Gasteiger partial charge in [0.15, 0.2) is 5.82 Å². The van der Waals surface area contributed by atoms with Crippen molar-refractivity contribution in [2.45, 2.75) is 38.0 Å². The molecule has 10 heteroatoms. The van der Waals surface area contributed by atoms with Gasteiger partial charge in [-0.15, -0.1) is 0 Å². The van der Waals surface area contributed by atoms with E-state index in [0.717, 1.165) is 24.0 Å². The van der Waals surface area contributed by atoms with E-state index in [9.17, 15) is 9.59 Å². The molecule has 5 heterocycles. The molecule has 1 saturated heterocycles. The number of nitrogens with two attached hydrogens (primary N) is 1. The van der Waals surface area contributed by atoms with Crippen molar-refractivity contribution in [1.82, 2.24) is 34.4 Å². The van der Waals surface area contributed by atoms with Gasteiger partial charge in [-0.05, 0) is 48.9 Å². The number of aromatic amines is 1. The summed E-state index contributed by atoms with van der Waals surface area (Å²) in [5, 5.41) is 0.579. The molecule has 0 aromatic carbocycles. The predicted molar refractivity (Wildman–Crippen MR) is 133 cm³/mol. The predicted octanol–water partition coefficient (Wildman–Crippen LogP) is 2.42. The first-order chi connectivity index (χ1) is 17.0. The second-order valence-corrected chi connectivity index (χ2v) is 8.96. The Morgan fingerprint density at radius 2 is 1.97 bits per heavy atom. The first kappa shape index (κ1) is 22.7. The molecular weight excluding hydrogens is 444 g/mol. The minimum Gasteiger partial charge on any atom is -0.383 e. The lowest BCUT2D eigenvalue weighted by atomic mass is 9.89. The van der Waals surface area contributed by atoms with E-state index in [4.69, 9.17) is 5.73 Å². The van der Waals surface area contributed by atoms with Gasteiger partial charge in [0, 0.05) is 57.8 Å². The Labute approximate surface area is 202 Å². The van der Waals surface area contributed by atoms with E-state index in [2.05, 4.69) is 24.9 Å². The molecule has 0 saturated carbocycles. The van der Waals surface area contributed by atoms with Crippen LogP contribution in [0.2, 0.25) is 0 Å². The fourth-order valence-electron chi connectivity index (χ4n) is 4.67. The largest absolute Gasteiger partial charge is 0.383 e. The van der Waals surface area contributed by atoms with E-state index in [1.807, 2.05) is 35.0 Å². The third-order valence-corrected chi connectivity index (χ3v) is 6.65. The van der Waals surface area contributed by atoms with Gasteiger partial charge in [-0.1, -0.05) is 0 Å². The van der Waals surface area contributed by atoms with Crippen LogP contribution in [0.4, 0.5) is 5.82 Å². The molecule has 180 valence electrons. The first-order valence-electron chi connectivity index (χ1n) is 11.8. The van der Waals surface area contributed by atoms with Crippen molar-refractivity contribution in [3.63, 3.8) is 0 Å². The average molecular weight is 473 g/mol. The lowest BCUT2D eigenvalue weighted by Gasteiger charge is -2.32. The second-order valence-electron chi connectivity index (χ2n) is 8.96. The number of fused-ring (bicyclic) bond motifs is 1. The van der Waals surface area contributed by atoms with Gasteiger partial charge in [0.25, 0.3) is 5.56 Å². The Balaban J connectivity index is 1.16. The molecule has 0 radical (unpaired) electrons. The van der Waals surface area contributed by atoms with E-state index in [1.165, 1.54) is 0 Å². The van der Waals surface area contributed by atoms with E-state index in [0.29, 0.717) is 66.8 Å². The lowest BCUT2D eigenvalue weighted by Crippen LogP contribution is -2.37. The molecule has 3 N–H and O–H groups in total. The van der Waals surface area contributed by atoms with Gasteiger partial charge in [-0.3, -0.25) is 9.59 Å². The normalized spacial score (nSPS) is 14.5.